The number of halogens is 1. The van der Waals surface area contributed by atoms with Gasteiger partial charge in [0.2, 0.25) is 0 Å². The summed E-state index contributed by atoms with van der Waals surface area (Å²) in [6.07, 6.45) is 6.10. The molecule has 0 unspecified atom stereocenters. The molecule has 0 aliphatic heterocycles. The van der Waals surface area contributed by atoms with Crippen molar-refractivity contribution in [2.24, 2.45) is 0 Å². The molecule has 0 saturated carbocycles. The van der Waals surface area contributed by atoms with Crippen LogP contribution in [0.3, 0.4) is 0 Å². The first-order valence-electron chi connectivity index (χ1n) is 4.95. The molecule has 2 rings (SSSR count). The molecule has 0 aliphatic carbocycles. The Morgan fingerprint density at radius 3 is 3.00 bits per heavy atom. The highest BCUT2D eigenvalue weighted by molar-refractivity contribution is 9.10. The van der Waals surface area contributed by atoms with Gasteiger partial charge in [0, 0.05) is 25.0 Å². The summed E-state index contributed by atoms with van der Waals surface area (Å²) in [7, 11) is 0. The quantitative estimate of drug-likeness (QED) is 0.872. The molecular weight excluding hydrogens is 268 g/mol. The van der Waals surface area contributed by atoms with Gasteiger partial charge in [-0.05, 0) is 34.0 Å². The Kier molecular flexibility index (Phi) is 3.82. The van der Waals surface area contributed by atoms with Crippen molar-refractivity contribution in [2.75, 3.05) is 11.9 Å². The molecule has 0 atom stereocenters. The van der Waals surface area contributed by atoms with Crippen LogP contribution < -0.4 is 5.32 Å². The van der Waals surface area contributed by atoms with Crippen molar-refractivity contribution in [3.63, 3.8) is 0 Å². The lowest BCUT2D eigenvalue weighted by atomic mass is 10.2. The Morgan fingerprint density at radius 1 is 1.31 bits per heavy atom. The highest BCUT2D eigenvalue weighted by Crippen LogP contribution is 2.09. The van der Waals surface area contributed by atoms with E-state index in [9.17, 15) is 0 Å². The minimum atomic E-state index is 0.784. The van der Waals surface area contributed by atoms with E-state index in [1.54, 1.807) is 6.20 Å². The summed E-state index contributed by atoms with van der Waals surface area (Å²) in [6.45, 7) is 0.829. The first kappa shape index (κ1) is 11.0. The number of hydrogen-bond donors (Lipinski definition) is 1. The maximum atomic E-state index is 4.10. The van der Waals surface area contributed by atoms with Crippen LogP contribution >= 0.6 is 15.9 Å². The zero-order valence-electron chi connectivity index (χ0n) is 8.60. The average Bonchev–Trinajstić information content (AvgIpc) is 2.30. The van der Waals surface area contributed by atoms with E-state index < -0.39 is 0 Å². The van der Waals surface area contributed by atoms with Crippen molar-refractivity contribution in [3.8, 4) is 0 Å². The van der Waals surface area contributed by atoms with Gasteiger partial charge in [-0.3, -0.25) is 4.98 Å². The van der Waals surface area contributed by atoms with E-state index in [1.807, 2.05) is 18.3 Å². The predicted octanol–water partition coefficient (Wildman–Crippen LogP) is 2.29. The van der Waals surface area contributed by atoms with Crippen molar-refractivity contribution >= 4 is 21.7 Å². The van der Waals surface area contributed by atoms with Gasteiger partial charge in [0.15, 0.2) is 0 Å². The van der Waals surface area contributed by atoms with E-state index in [1.165, 1.54) is 11.9 Å². The SMILES string of the molecule is Brc1cc(NCCc2cccnc2)ncn1. The second kappa shape index (κ2) is 5.55. The summed E-state index contributed by atoms with van der Waals surface area (Å²) in [5.74, 6) is 0.825. The monoisotopic (exact) mass is 278 g/mol. The minimum Gasteiger partial charge on any atom is -0.370 e. The summed E-state index contributed by atoms with van der Waals surface area (Å²) in [4.78, 5) is 12.1. The van der Waals surface area contributed by atoms with Crippen LogP contribution in [0.4, 0.5) is 5.82 Å². The first-order chi connectivity index (χ1) is 7.84. The third-order valence-electron chi connectivity index (χ3n) is 2.08. The largest absolute Gasteiger partial charge is 0.370 e. The molecule has 0 fully saturated rings. The van der Waals surface area contributed by atoms with Gasteiger partial charge in [0.1, 0.15) is 16.7 Å². The van der Waals surface area contributed by atoms with Gasteiger partial charge < -0.3 is 5.32 Å². The van der Waals surface area contributed by atoms with Gasteiger partial charge >= 0.3 is 0 Å². The van der Waals surface area contributed by atoms with Crippen LogP contribution in [0.15, 0.2) is 41.5 Å². The Labute approximate surface area is 102 Å². The summed E-state index contributed by atoms with van der Waals surface area (Å²) in [5, 5.41) is 3.23. The molecule has 5 heteroatoms. The smallest absolute Gasteiger partial charge is 0.130 e. The molecule has 0 radical (unpaired) electrons. The fourth-order valence-corrected chi connectivity index (χ4v) is 1.62. The fourth-order valence-electron chi connectivity index (χ4n) is 1.31. The molecule has 0 bridgehead atoms. The van der Waals surface area contributed by atoms with Crippen molar-refractivity contribution in [2.45, 2.75) is 6.42 Å². The van der Waals surface area contributed by atoms with Gasteiger partial charge in [-0.1, -0.05) is 6.07 Å². The third kappa shape index (κ3) is 3.27. The Bertz CT molecular complexity index is 447. The van der Waals surface area contributed by atoms with Crippen LogP contribution in [-0.4, -0.2) is 21.5 Å². The molecule has 0 saturated heterocycles. The van der Waals surface area contributed by atoms with E-state index in [-0.39, 0.29) is 0 Å². The number of aromatic nitrogens is 3. The summed E-state index contributed by atoms with van der Waals surface area (Å²) >= 11 is 3.30. The van der Waals surface area contributed by atoms with E-state index in [0.29, 0.717) is 0 Å². The average molecular weight is 279 g/mol. The number of rotatable bonds is 4. The van der Waals surface area contributed by atoms with Gasteiger partial charge in [0.05, 0.1) is 0 Å². The molecule has 0 amide bonds. The maximum Gasteiger partial charge on any atom is 0.130 e. The zero-order chi connectivity index (χ0) is 11.2. The van der Waals surface area contributed by atoms with Crippen molar-refractivity contribution in [1.29, 1.82) is 0 Å². The predicted molar refractivity (Wildman–Crippen MR) is 66.2 cm³/mol. The maximum absolute atomic E-state index is 4.10. The van der Waals surface area contributed by atoms with E-state index in [0.717, 1.165) is 23.4 Å². The summed E-state index contributed by atoms with van der Waals surface area (Å²) < 4.78 is 0.784. The number of nitrogens with zero attached hydrogens (tertiary/aromatic N) is 3. The topological polar surface area (TPSA) is 50.7 Å². The van der Waals surface area contributed by atoms with Crippen LogP contribution in [0.25, 0.3) is 0 Å². The zero-order valence-corrected chi connectivity index (χ0v) is 10.2. The number of hydrogen-bond acceptors (Lipinski definition) is 4. The molecular formula is C11H11BrN4. The van der Waals surface area contributed by atoms with Crippen molar-refractivity contribution in [1.82, 2.24) is 15.0 Å². The number of pyridine rings is 1. The lowest BCUT2D eigenvalue weighted by molar-refractivity contribution is 0.986. The van der Waals surface area contributed by atoms with Crippen LogP contribution in [0, 0.1) is 0 Å². The number of anilines is 1. The van der Waals surface area contributed by atoms with Gasteiger partial charge in [-0.25, -0.2) is 9.97 Å². The normalized spacial score (nSPS) is 10.1. The second-order valence-corrected chi connectivity index (χ2v) is 4.08. The standard InChI is InChI=1S/C11H11BrN4/c12-10-6-11(16-8-15-10)14-5-3-9-2-1-4-13-7-9/h1-2,4,6-8H,3,5H2,(H,14,15,16). The van der Waals surface area contributed by atoms with Crippen LogP contribution in [0.5, 0.6) is 0 Å². The molecule has 0 aromatic carbocycles. The Hall–Kier alpha value is -1.49. The molecule has 82 valence electrons. The van der Waals surface area contributed by atoms with Crippen molar-refractivity contribution in [3.05, 3.63) is 47.1 Å². The molecule has 0 spiro atoms. The molecule has 0 aliphatic rings. The third-order valence-corrected chi connectivity index (χ3v) is 2.51. The lowest BCUT2D eigenvalue weighted by Gasteiger charge is -2.04. The molecule has 16 heavy (non-hydrogen) atoms. The molecule has 2 heterocycles. The Balaban J connectivity index is 1.85. The van der Waals surface area contributed by atoms with Gasteiger partial charge in [-0.15, -0.1) is 0 Å². The minimum absolute atomic E-state index is 0.784. The van der Waals surface area contributed by atoms with Crippen molar-refractivity contribution < 1.29 is 0 Å². The van der Waals surface area contributed by atoms with Crippen LogP contribution in [0.2, 0.25) is 0 Å². The van der Waals surface area contributed by atoms with Gasteiger partial charge in [0.25, 0.3) is 0 Å². The molecule has 4 nitrogen and oxygen atoms in total. The van der Waals surface area contributed by atoms with E-state index >= 15 is 0 Å². The Morgan fingerprint density at radius 2 is 2.25 bits per heavy atom. The van der Waals surface area contributed by atoms with Gasteiger partial charge in [-0.2, -0.15) is 0 Å². The highest BCUT2D eigenvalue weighted by atomic mass is 79.9. The van der Waals surface area contributed by atoms with E-state index in [4.69, 9.17) is 0 Å². The van der Waals surface area contributed by atoms with E-state index in [2.05, 4.69) is 42.3 Å². The first-order valence-corrected chi connectivity index (χ1v) is 5.74. The molecule has 2 aromatic heterocycles. The second-order valence-electron chi connectivity index (χ2n) is 3.26. The fraction of sp³-hybridized carbons (Fsp3) is 0.182. The van der Waals surface area contributed by atoms with Crippen LogP contribution in [-0.2, 0) is 6.42 Å². The molecule has 2 aromatic rings. The molecule has 1 N–H and O–H groups in total. The summed E-state index contributed by atoms with van der Waals surface area (Å²) in [5.41, 5.74) is 1.21. The lowest BCUT2D eigenvalue weighted by Crippen LogP contribution is -2.06. The number of nitrogens with one attached hydrogen (secondary N) is 1. The summed E-state index contributed by atoms with van der Waals surface area (Å²) in [6, 6.07) is 5.85. The van der Waals surface area contributed by atoms with Crippen LogP contribution in [0.1, 0.15) is 5.56 Å². The highest BCUT2D eigenvalue weighted by Gasteiger charge is 1.96.